The Hall–Kier alpha value is -0.670. The van der Waals surface area contributed by atoms with E-state index in [9.17, 15) is 4.79 Å². The van der Waals surface area contributed by atoms with Gasteiger partial charge >= 0.3 is 0 Å². The summed E-state index contributed by atoms with van der Waals surface area (Å²) in [7, 11) is 0. The van der Waals surface area contributed by atoms with E-state index in [2.05, 4.69) is 15.9 Å². The van der Waals surface area contributed by atoms with E-state index in [1.165, 1.54) is 0 Å². The van der Waals surface area contributed by atoms with Gasteiger partial charge in [0.2, 0.25) is 0 Å². The van der Waals surface area contributed by atoms with Crippen molar-refractivity contribution in [1.29, 1.82) is 0 Å². The van der Waals surface area contributed by atoms with Gasteiger partial charge in [0, 0.05) is 23.1 Å². The Bertz CT molecular complexity index is 350. The minimum absolute atomic E-state index is 0.125. The van der Waals surface area contributed by atoms with Crippen molar-refractivity contribution in [2.75, 3.05) is 6.61 Å². The largest absolute Gasteiger partial charge is 0.366 e. The summed E-state index contributed by atoms with van der Waals surface area (Å²) in [5, 5.41) is 0. The summed E-state index contributed by atoms with van der Waals surface area (Å²) in [5.41, 5.74) is 0.919. The molecule has 0 heterocycles. The van der Waals surface area contributed by atoms with Crippen LogP contribution < -0.4 is 0 Å². The van der Waals surface area contributed by atoms with Gasteiger partial charge in [-0.2, -0.15) is 0 Å². The number of ether oxygens (including phenoxy) is 1. The van der Waals surface area contributed by atoms with E-state index < -0.39 is 6.10 Å². The third kappa shape index (κ3) is 3.42. The molecule has 0 saturated carbocycles. The molecule has 1 aromatic rings. The first-order chi connectivity index (χ1) is 7.70. The number of hydrogen-bond acceptors (Lipinski definition) is 2. The number of rotatable bonds is 6. The van der Waals surface area contributed by atoms with Crippen molar-refractivity contribution in [3.63, 3.8) is 0 Å². The van der Waals surface area contributed by atoms with E-state index in [4.69, 9.17) is 4.74 Å². The van der Waals surface area contributed by atoms with Crippen LogP contribution in [0.15, 0.2) is 28.7 Å². The van der Waals surface area contributed by atoms with Gasteiger partial charge in [-0.1, -0.05) is 48.0 Å². The Labute approximate surface area is 105 Å². The fourth-order valence-corrected chi connectivity index (χ4v) is 1.96. The zero-order valence-electron chi connectivity index (χ0n) is 9.70. The molecule has 88 valence electrons. The standard InChI is InChI=1S/C13H17BrO2/c1-3-9-16-13(12(15)4-2)10-7-5-6-8-11(10)14/h5-8,13H,3-4,9H2,1-2H3. The quantitative estimate of drug-likeness (QED) is 0.792. The SMILES string of the molecule is CCCOC(C(=O)CC)c1ccccc1Br. The summed E-state index contributed by atoms with van der Waals surface area (Å²) >= 11 is 3.45. The van der Waals surface area contributed by atoms with Crippen molar-refractivity contribution in [3.8, 4) is 0 Å². The van der Waals surface area contributed by atoms with Crippen molar-refractivity contribution in [3.05, 3.63) is 34.3 Å². The Balaban J connectivity index is 2.92. The molecular formula is C13H17BrO2. The number of halogens is 1. The van der Waals surface area contributed by atoms with Gasteiger partial charge in [-0.25, -0.2) is 0 Å². The normalized spacial score (nSPS) is 12.4. The molecule has 0 spiro atoms. The first-order valence-corrected chi connectivity index (χ1v) is 6.38. The third-order valence-electron chi connectivity index (χ3n) is 2.32. The lowest BCUT2D eigenvalue weighted by atomic mass is 10.0. The first-order valence-electron chi connectivity index (χ1n) is 5.59. The summed E-state index contributed by atoms with van der Waals surface area (Å²) < 4.78 is 6.56. The number of ketones is 1. The molecule has 0 fully saturated rings. The smallest absolute Gasteiger partial charge is 0.165 e. The topological polar surface area (TPSA) is 26.3 Å². The molecule has 0 amide bonds. The molecule has 1 unspecified atom stereocenters. The van der Waals surface area contributed by atoms with Crippen LogP contribution in [0.5, 0.6) is 0 Å². The summed E-state index contributed by atoms with van der Waals surface area (Å²) in [6.07, 6.45) is 0.980. The van der Waals surface area contributed by atoms with Crippen LogP contribution >= 0.6 is 15.9 Å². The van der Waals surface area contributed by atoms with Crippen LogP contribution in [-0.4, -0.2) is 12.4 Å². The van der Waals surface area contributed by atoms with E-state index in [1.54, 1.807) is 0 Å². The Morgan fingerprint density at radius 1 is 1.38 bits per heavy atom. The first kappa shape index (κ1) is 13.4. The molecule has 0 N–H and O–H groups in total. The summed E-state index contributed by atoms with van der Waals surface area (Å²) in [4.78, 5) is 11.8. The van der Waals surface area contributed by atoms with Crippen LogP contribution in [0.1, 0.15) is 38.4 Å². The number of benzene rings is 1. The fraction of sp³-hybridized carbons (Fsp3) is 0.462. The van der Waals surface area contributed by atoms with Gasteiger partial charge in [-0.15, -0.1) is 0 Å². The molecule has 0 aliphatic heterocycles. The molecular weight excluding hydrogens is 268 g/mol. The summed E-state index contributed by atoms with van der Waals surface area (Å²) in [6, 6.07) is 7.71. The summed E-state index contributed by atoms with van der Waals surface area (Å²) in [5.74, 6) is 0.125. The highest BCUT2D eigenvalue weighted by Gasteiger charge is 2.21. The molecule has 1 aromatic carbocycles. The maximum absolute atomic E-state index is 11.8. The average Bonchev–Trinajstić information content (AvgIpc) is 2.31. The van der Waals surface area contributed by atoms with E-state index in [0.717, 1.165) is 16.5 Å². The van der Waals surface area contributed by atoms with Crippen LogP contribution in [0.25, 0.3) is 0 Å². The van der Waals surface area contributed by atoms with Gasteiger partial charge in [-0.3, -0.25) is 4.79 Å². The Morgan fingerprint density at radius 3 is 2.62 bits per heavy atom. The molecule has 16 heavy (non-hydrogen) atoms. The van der Waals surface area contributed by atoms with E-state index in [0.29, 0.717) is 13.0 Å². The van der Waals surface area contributed by atoms with Crippen LogP contribution in [0.3, 0.4) is 0 Å². The van der Waals surface area contributed by atoms with Crippen LogP contribution in [-0.2, 0) is 9.53 Å². The van der Waals surface area contributed by atoms with Crippen molar-refractivity contribution >= 4 is 21.7 Å². The van der Waals surface area contributed by atoms with E-state index >= 15 is 0 Å². The van der Waals surface area contributed by atoms with Gasteiger partial charge < -0.3 is 4.74 Å². The number of carbonyl (C=O) groups excluding carboxylic acids is 1. The second-order valence-electron chi connectivity index (χ2n) is 3.59. The van der Waals surface area contributed by atoms with Crippen LogP contribution in [0, 0.1) is 0 Å². The Morgan fingerprint density at radius 2 is 2.06 bits per heavy atom. The molecule has 3 heteroatoms. The number of Topliss-reactive ketones (excluding diaryl/α,β-unsaturated/α-hetero) is 1. The highest BCUT2D eigenvalue weighted by molar-refractivity contribution is 9.10. The molecule has 1 rings (SSSR count). The van der Waals surface area contributed by atoms with Gasteiger partial charge in [-0.05, 0) is 12.5 Å². The minimum atomic E-state index is -0.430. The zero-order chi connectivity index (χ0) is 12.0. The van der Waals surface area contributed by atoms with Crippen LogP contribution in [0.4, 0.5) is 0 Å². The van der Waals surface area contributed by atoms with Crippen LogP contribution in [0.2, 0.25) is 0 Å². The molecule has 0 aliphatic rings. The van der Waals surface area contributed by atoms with Crippen molar-refractivity contribution in [1.82, 2.24) is 0 Å². The number of hydrogen-bond donors (Lipinski definition) is 0. The molecule has 1 atom stereocenters. The molecule has 0 radical (unpaired) electrons. The molecule has 0 bridgehead atoms. The highest BCUT2D eigenvalue weighted by Crippen LogP contribution is 2.27. The molecule has 0 aromatic heterocycles. The maximum atomic E-state index is 11.8. The number of carbonyl (C=O) groups is 1. The molecule has 0 aliphatic carbocycles. The van der Waals surface area contributed by atoms with Crippen molar-refractivity contribution in [2.45, 2.75) is 32.8 Å². The van der Waals surface area contributed by atoms with Gasteiger partial charge in [0.25, 0.3) is 0 Å². The second kappa shape index (κ2) is 6.81. The average molecular weight is 285 g/mol. The predicted octanol–water partition coefficient (Wildman–Crippen LogP) is 3.90. The summed E-state index contributed by atoms with van der Waals surface area (Å²) in [6.45, 7) is 4.51. The van der Waals surface area contributed by atoms with Crippen molar-refractivity contribution < 1.29 is 9.53 Å². The molecule has 2 nitrogen and oxygen atoms in total. The fourth-order valence-electron chi connectivity index (χ4n) is 1.46. The third-order valence-corrected chi connectivity index (χ3v) is 3.04. The highest BCUT2D eigenvalue weighted by atomic mass is 79.9. The van der Waals surface area contributed by atoms with Crippen molar-refractivity contribution in [2.24, 2.45) is 0 Å². The van der Waals surface area contributed by atoms with E-state index in [1.807, 2.05) is 38.1 Å². The van der Waals surface area contributed by atoms with Gasteiger partial charge in [0.1, 0.15) is 6.10 Å². The lowest BCUT2D eigenvalue weighted by Gasteiger charge is -2.17. The lowest BCUT2D eigenvalue weighted by Crippen LogP contribution is -2.16. The molecule has 0 saturated heterocycles. The zero-order valence-corrected chi connectivity index (χ0v) is 11.3. The van der Waals surface area contributed by atoms with E-state index in [-0.39, 0.29) is 5.78 Å². The Kier molecular flexibility index (Phi) is 5.71. The second-order valence-corrected chi connectivity index (χ2v) is 4.45. The monoisotopic (exact) mass is 284 g/mol. The van der Waals surface area contributed by atoms with Gasteiger partial charge in [0.15, 0.2) is 5.78 Å². The predicted molar refractivity (Wildman–Crippen MR) is 68.4 cm³/mol. The lowest BCUT2D eigenvalue weighted by molar-refractivity contribution is -0.130. The minimum Gasteiger partial charge on any atom is -0.366 e. The maximum Gasteiger partial charge on any atom is 0.165 e. The van der Waals surface area contributed by atoms with Gasteiger partial charge in [0.05, 0.1) is 0 Å².